The summed E-state index contributed by atoms with van der Waals surface area (Å²) in [6, 6.07) is 7.68. The van der Waals surface area contributed by atoms with E-state index in [1.165, 1.54) is 7.11 Å². The van der Waals surface area contributed by atoms with Crippen LogP contribution in [0.4, 0.5) is 0 Å². The minimum atomic E-state index is -0.930. The predicted molar refractivity (Wildman–Crippen MR) is 81.2 cm³/mol. The summed E-state index contributed by atoms with van der Waals surface area (Å²) >= 11 is 0. The van der Waals surface area contributed by atoms with Crippen LogP contribution in [0.5, 0.6) is 5.75 Å². The van der Waals surface area contributed by atoms with Crippen LogP contribution in [0.3, 0.4) is 0 Å². The van der Waals surface area contributed by atoms with Crippen LogP contribution in [-0.2, 0) is 16.0 Å². The number of ether oxygens (including phenoxy) is 2. The molecule has 118 valence electrons. The third-order valence-electron chi connectivity index (χ3n) is 3.33. The van der Waals surface area contributed by atoms with Crippen molar-refractivity contribution in [2.75, 3.05) is 20.3 Å². The molecular formula is C16H25NO4. The fraction of sp³-hybridized carbons (Fsp3) is 0.562. The molecule has 1 aromatic carbocycles. The third kappa shape index (κ3) is 6.14. The Morgan fingerprint density at radius 1 is 1.29 bits per heavy atom. The highest BCUT2D eigenvalue weighted by atomic mass is 16.5. The smallest absolute Gasteiger partial charge is 0.325 e. The first-order valence-electron chi connectivity index (χ1n) is 7.19. The van der Waals surface area contributed by atoms with Gasteiger partial charge in [0.05, 0.1) is 13.7 Å². The van der Waals surface area contributed by atoms with Gasteiger partial charge >= 0.3 is 5.97 Å². The van der Waals surface area contributed by atoms with Gasteiger partial charge in [0.1, 0.15) is 11.3 Å². The molecule has 0 spiro atoms. The number of carbonyl (C=O) groups is 1. The molecule has 1 aromatic rings. The first-order chi connectivity index (χ1) is 9.99. The fourth-order valence-electron chi connectivity index (χ4n) is 2.00. The number of esters is 1. The molecule has 0 aliphatic rings. The van der Waals surface area contributed by atoms with E-state index in [2.05, 4.69) is 4.74 Å². The van der Waals surface area contributed by atoms with Crippen molar-refractivity contribution in [3.05, 3.63) is 29.8 Å². The zero-order valence-electron chi connectivity index (χ0n) is 12.8. The SMILES string of the molecule is COC(=O)C(C)(N)CCCCOc1ccc(CCO)cc1. The number of rotatable bonds is 9. The summed E-state index contributed by atoms with van der Waals surface area (Å²) in [6.07, 6.45) is 2.84. The number of aliphatic hydroxyl groups is 1. The second kappa shape index (κ2) is 8.64. The molecule has 5 nitrogen and oxygen atoms in total. The summed E-state index contributed by atoms with van der Waals surface area (Å²) in [6.45, 7) is 2.41. The highest BCUT2D eigenvalue weighted by Crippen LogP contribution is 2.15. The van der Waals surface area contributed by atoms with E-state index in [0.29, 0.717) is 19.4 Å². The molecular weight excluding hydrogens is 270 g/mol. The molecule has 1 rings (SSSR count). The van der Waals surface area contributed by atoms with Crippen molar-refractivity contribution in [2.45, 2.75) is 38.1 Å². The maximum absolute atomic E-state index is 11.4. The summed E-state index contributed by atoms with van der Waals surface area (Å²) in [4.78, 5) is 11.4. The van der Waals surface area contributed by atoms with Crippen LogP contribution in [0.1, 0.15) is 31.7 Å². The molecule has 0 amide bonds. The van der Waals surface area contributed by atoms with E-state index < -0.39 is 5.54 Å². The molecule has 1 atom stereocenters. The van der Waals surface area contributed by atoms with Gasteiger partial charge in [-0.2, -0.15) is 0 Å². The van der Waals surface area contributed by atoms with Crippen LogP contribution < -0.4 is 10.5 Å². The van der Waals surface area contributed by atoms with E-state index in [1.807, 2.05) is 24.3 Å². The number of unbranched alkanes of at least 4 members (excludes halogenated alkanes) is 1. The average molecular weight is 295 g/mol. The van der Waals surface area contributed by atoms with Crippen LogP contribution in [-0.4, -0.2) is 36.9 Å². The van der Waals surface area contributed by atoms with Gasteiger partial charge < -0.3 is 20.3 Å². The summed E-state index contributed by atoms with van der Waals surface area (Å²) in [5, 5.41) is 8.84. The maximum atomic E-state index is 11.4. The van der Waals surface area contributed by atoms with Gasteiger partial charge in [-0.3, -0.25) is 4.79 Å². The zero-order valence-corrected chi connectivity index (χ0v) is 12.8. The van der Waals surface area contributed by atoms with Gasteiger partial charge in [-0.25, -0.2) is 0 Å². The topological polar surface area (TPSA) is 81.8 Å². The van der Waals surface area contributed by atoms with E-state index >= 15 is 0 Å². The average Bonchev–Trinajstić information content (AvgIpc) is 2.48. The van der Waals surface area contributed by atoms with Crippen molar-refractivity contribution in [1.29, 1.82) is 0 Å². The number of aliphatic hydroxyl groups excluding tert-OH is 1. The first kappa shape index (κ1) is 17.5. The molecule has 0 bridgehead atoms. The number of hydrogen-bond donors (Lipinski definition) is 2. The van der Waals surface area contributed by atoms with Gasteiger partial charge in [0.15, 0.2) is 0 Å². The molecule has 0 aliphatic carbocycles. The second-order valence-electron chi connectivity index (χ2n) is 5.33. The van der Waals surface area contributed by atoms with Crippen LogP contribution in [0.2, 0.25) is 0 Å². The van der Waals surface area contributed by atoms with E-state index in [4.69, 9.17) is 15.6 Å². The second-order valence-corrected chi connectivity index (χ2v) is 5.33. The Labute approximate surface area is 126 Å². The molecule has 0 aliphatic heterocycles. The summed E-state index contributed by atoms with van der Waals surface area (Å²) < 4.78 is 10.3. The van der Waals surface area contributed by atoms with Crippen molar-refractivity contribution < 1.29 is 19.4 Å². The number of carbonyl (C=O) groups excluding carboxylic acids is 1. The Balaban J connectivity index is 2.23. The Kier molecular flexibility index (Phi) is 7.19. The van der Waals surface area contributed by atoms with Gasteiger partial charge in [0, 0.05) is 6.61 Å². The lowest BCUT2D eigenvalue weighted by Crippen LogP contribution is -2.45. The lowest BCUT2D eigenvalue weighted by Gasteiger charge is -2.21. The van der Waals surface area contributed by atoms with Crippen LogP contribution in [0, 0.1) is 0 Å². The molecule has 0 fully saturated rings. The van der Waals surface area contributed by atoms with E-state index in [1.54, 1.807) is 6.92 Å². The summed E-state index contributed by atoms with van der Waals surface area (Å²) in [7, 11) is 1.34. The van der Waals surface area contributed by atoms with E-state index in [-0.39, 0.29) is 12.6 Å². The highest BCUT2D eigenvalue weighted by Gasteiger charge is 2.28. The molecule has 1 unspecified atom stereocenters. The Bertz CT molecular complexity index is 428. The first-order valence-corrected chi connectivity index (χ1v) is 7.19. The van der Waals surface area contributed by atoms with Crippen LogP contribution in [0.25, 0.3) is 0 Å². The van der Waals surface area contributed by atoms with Crippen LogP contribution >= 0.6 is 0 Å². The summed E-state index contributed by atoms with van der Waals surface area (Å²) in [5.74, 6) is 0.419. The molecule has 0 heterocycles. The normalized spacial score (nSPS) is 13.5. The van der Waals surface area contributed by atoms with E-state index in [9.17, 15) is 4.79 Å². The zero-order chi connectivity index (χ0) is 15.7. The standard InChI is InChI=1S/C16H25NO4/c1-16(17,15(19)20-2)10-3-4-12-21-14-7-5-13(6-8-14)9-11-18/h5-8,18H,3-4,9-12,17H2,1-2H3. The number of nitrogens with two attached hydrogens (primary N) is 1. The molecule has 0 aromatic heterocycles. The van der Waals surface area contributed by atoms with Gasteiger partial charge in [-0.15, -0.1) is 0 Å². The van der Waals surface area contributed by atoms with Crippen molar-refractivity contribution in [2.24, 2.45) is 5.73 Å². The number of methoxy groups -OCH3 is 1. The lowest BCUT2D eigenvalue weighted by molar-refractivity contribution is -0.146. The predicted octanol–water partition coefficient (Wildman–Crippen LogP) is 1.66. The Hall–Kier alpha value is -1.59. The van der Waals surface area contributed by atoms with Crippen LogP contribution in [0.15, 0.2) is 24.3 Å². The summed E-state index contributed by atoms with van der Waals surface area (Å²) in [5.41, 5.74) is 6.03. The number of hydrogen-bond acceptors (Lipinski definition) is 5. The lowest BCUT2D eigenvalue weighted by atomic mass is 9.96. The maximum Gasteiger partial charge on any atom is 0.325 e. The van der Waals surface area contributed by atoms with Crippen molar-refractivity contribution in [3.63, 3.8) is 0 Å². The number of benzene rings is 1. The minimum Gasteiger partial charge on any atom is -0.494 e. The third-order valence-corrected chi connectivity index (χ3v) is 3.33. The molecule has 0 saturated carbocycles. The van der Waals surface area contributed by atoms with Gasteiger partial charge in [-0.1, -0.05) is 12.1 Å². The largest absolute Gasteiger partial charge is 0.494 e. The van der Waals surface area contributed by atoms with E-state index in [0.717, 1.165) is 24.2 Å². The Morgan fingerprint density at radius 2 is 1.95 bits per heavy atom. The Morgan fingerprint density at radius 3 is 2.52 bits per heavy atom. The molecule has 0 radical (unpaired) electrons. The highest BCUT2D eigenvalue weighted by molar-refractivity contribution is 5.79. The fourth-order valence-corrected chi connectivity index (χ4v) is 2.00. The molecule has 3 N–H and O–H groups in total. The van der Waals surface area contributed by atoms with Crippen molar-refractivity contribution in [1.82, 2.24) is 0 Å². The quantitative estimate of drug-likeness (QED) is 0.535. The molecule has 0 saturated heterocycles. The van der Waals surface area contributed by atoms with Gasteiger partial charge in [0.25, 0.3) is 0 Å². The van der Waals surface area contributed by atoms with Crippen molar-refractivity contribution in [3.8, 4) is 5.75 Å². The molecule has 5 heteroatoms. The molecule has 21 heavy (non-hydrogen) atoms. The minimum absolute atomic E-state index is 0.151. The van der Waals surface area contributed by atoms with Crippen molar-refractivity contribution >= 4 is 5.97 Å². The van der Waals surface area contributed by atoms with Gasteiger partial charge in [-0.05, 0) is 50.3 Å². The van der Waals surface area contributed by atoms with Gasteiger partial charge in [0.2, 0.25) is 0 Å². The monoisotopic (exact) mass is 295 g/mol.